The zero-order valence-electron chi connectivity index (χ0n) is 13.2. The summed E-state index contributed by atoms with van der Waals surface area (Å²) in [7, 11) is 1.55. The molecule has 1 aromatic carbocycles. The van der Waals surface area contributed by atoms with Gasteiger partial charge in [0.25, 0.3) is 0 Å². The predicted octanol–water partition coefficient (Wildman–Crippen LogP) is 2.91. The Hall–Kier alpha value is -3.15. The maximum Gasteiger partial charge on any atom is 0.153 e. The van der Waals surface area contributed by atoms with E-state index < -0.39 is 0 Å². The van der Waals surface area contributed by atoms with E-state index in [1.807, 2.05) is 30.3 Å². The van der Waals surface area contributed by atoms with Crippen LogP contribution >= 0.6 is 0 Å². The van der Waals surface area contributed by atoms with E-state index in [2.05, 4.69) is 15.2 Å². The Labute approximate surface area is 139 Å². The largest absolute Gasteiger partial charge is 0.496 e. The summed E-state index contributed by atoms with van der Waals surface area (Å²) in [4.78, 5) is 15.2. The lowest BCUT2D eigenvalue weighted by molar-refractivity contribution is 0.112. The molecule has 0 fully saturated rings. The summed E-state index contributed by atoms with van der Waals surface area (Å²) >= 11 is 0. The van der Waals surface area contributed by atoms with Gasteiger partial charge in [-0.3, -0.25) is 14.9 Å². The number of rotatable bonds is 7. The van der Waals surface area contributed by atoms with Gasteiger partial charge < -0.3 is 9.47 Å². The average molecular weight is 323 g/mol. The van der Waals surface area contributed by atoms with Crippen LogP contribution in [-0.4, -0.2) is 35.2 Å². The maximum atomic E-state index is 10.9. The highest BCUT2D eigenvalue weighted by molar-refractivity contribution is 5.79. The highest BCUT2D eigenvalue weighted by atomic mass is 16.5. The van der Waals surface area contributed by atoms with E-state index in [4.69, 9.17) is 9.47 Å². The number of ether oxygens (including phenoxy) is 2. The Morgan fingerprint density at radius 2 is 2.12 bits per heavy atom. The molecule has 0 aliphatic rings. The summed E-state index contributed by atoms with van der Waals surface area (Å²) in [5, 5.41) is 6.77. The molecular weight excluding hydrogens is 306 g/mol. The van der Waals surface area contributed by atoms with Gasteiger partial charge in [0.05, 0.1) is 36.9 Å². The molecule has 2 heterocycles. The van der Waals surface area contributed by atoms with Crippen LogP contribution in [0.2, 0.25) is 0 Å². The third kappa shape index (κ3) is 3.60. The van der Waals surface area contributed by atoms with Crippen LogP contribution in [-0.2, 0) is 6.42 Å². The molecule has 0 bridgehead atoms. The van der Waals surface area contributed by atoms with Crippen molar-refractivity contribution in [1.82, 2.24) is 15.2 Å². The zero-order valence-corrected chi connectivity index (χ0v) is 13.2. The van der Waals surface area contributed by atoms with Gasteiger partial charge in [0.2, 0.25) is 0 Å². The molecule has 2 aromatic heterocycles. The van der Waals surface area contributed by atoms with Crippen molar-refractivity contribution in [3.8, 4) is 22.9 Å². The second kappa shape index (κ2) is 7.41. The molecule has 0 unspecified atom stereocenters. The molecule has 0 atom stereocenters. The van der Waals surface area contributed by atoms with Gasteiger partial charge in [-0.05, 0) is 35.9 Å². The van der Waals surface area contributed by atoms with Gasteiger partial charge in [0.1, 0.15) is 11.5 Å². The van der Waals surface area contributed by atoms with E-state index in [1.165, 1.54) is 0 Å². The minimum atomic E-state index is 0.509. The van der Waals surface area contributed by atoms with Crippen molar-refractivity contribution in [3.05, 3.63) is 59.9 Å². The summed E-state index contributed by atoms with van der Waals surface area (Å²) in [6, 6.07) is 11.1. The van der Waals surface area contributed by atoms with Crippen molar-refractivity contribution in [2.45, 2.75) is 6.42 Å². The zero-order chi connectivity index (χ0) is 16.8. The van der Waals surface area contributed by atoms with E-state index in [9.17, 15) is 4.79 Å². The second-order valence-corrected chi connectivity index (χ2v) is 5.14. The number of aromatic nitrogens is 3. The first-order chi connectivity index (χ1) is 11.8. The van der Waals surface area contributed by atoms with Crippen molar-refractivity contribution >= 4 is 6.29 Å². The molecular formula is C18H17N3O3. The van der Waals surface area contributed by atoms with E-state index in [-0.39, 0.29) is 0 Å². The molecule has 24 heavy (non-hydrogen) atoms. The Kier molecular flexibility index (Phi) is 4.86. The quantitative estimate of drug-likeness (QED) is 0.677. The molecule has 3 aromatic rings. The fraction of sp³-hybridized carbons (Fsp3) is 0.167. The smallest absolute Gasteiger partial charge is 0.153 e. The third-order valence-electron chi connectivity index (χ3n) is 3.60. The van der Waals surface area contributed by atoms with Gasteiger partial charge in [-0.15, -0.1) is 0 Å². The van der Waals surface area contributed by atoms with Crippen LogP contribution in [0.25, 0.3) is 11.4 Å². The summed E-state index contributed by atoms with van der Waals surface area (Å²) in [5.41, 5.74) is 3.26. The van der Waals surface area contributed by atoms with Gasteiger partial charge in [0.15, 0.2) is 6.29 Å². The number of methoxy groups -OCH3 is 1. The van der Waals surface area contributed by atoms with E-state index in [1.54, 1.807) is 25.6 Å². The van der Waals surface area contributed by atoms with Crippen molar-refractivity contribution in [2.24, 2.45) is 0 Å². The summed E-state index contributed by atoms with van der Waals surface area (Å²) in [6.07, 6.45) is 4.86. The number of nitrogens with one attached hydrogen (secondary N) is 1. The van der Waals surface area contributed by atoms with Gasteiger partial charge in [-0.1, -0.05) is 6.07 Å². The first kappa shape index (κ1) is 15.7. The number of hydrogen-bond acceptors (Lipinski definition) is 5. The molecule has 1 N–H and O–H groups in total. The minimum Gasteiger partial charge on any atom is -0.496 e. The normalized spacial score (nSPS) is 10.4. The molecule has 0 aliphatic carbocycles. The van der Waals surface area contributed by atoms with Crippen molar-refractivity contribution in [2.75, 3.05) is 13.7 Å². The van der Waals surface area contributed by atoms with Crippen LogP contribution in [0.15, 0.2) is 48.8 Å². The Balaban J connectivity index is 1.57. The number of pyridine rings is 1. The van der Waals surface area contributed by atoms with Gasteiger partial charge in [0, 0.05) is 12.6 Å². The molecule has 0 radical (unpaired) electrons. The topological polar surface area (TPSA) is 77.1 Å². The number of carbonyl (C=O) groups excluding carboxylic acids is 1. The molecule has 0 saturated carbocycles. The lowest BCUT2D eigenvalue weighted by Crippen LogP contribution is -2.02. The Morgan fingerprint density at radius 1 is 1.21 bits per heavy atom. The number of H-pyrrole nitrogens is 1. The highest BCUT2D eigenvalue weighted by Crippen LogP contribution is 2.20. The molecule has 0 aliphatic heterocycles. The van der Waals surface area contributed by atoms with Crippen LogP contribution in [0, 0.1) is 0 Å². The predicted molar refractivity (Wildman–Crippen MR) is 89.4 cm³/mol. The Morgan fingerprint density at radius 3 is 2.79 bits per heavy atom. The SMILES string of the molecule is COc1cc(CCOc2ccc(-c3ccn[nH]3)nc2)ccc1C=O. The number of hydrogen-bond donors (Lipinski definition) is 1. The molecule has 3 rings (SSSR count). The monoisotopic (exact) mass is 323 g/mol. The summed E-state index contributed by atoms with van der Waals surface area (Å²) < 4.78 is 10.9. The molecule has 0 saturated heterocycles. The van der Waals surface area contributed by atoms with Crippen LogP contribution in [0.4, 0.5) is 0 Å². The highest BCUT2D eigenvalue weighted by Gasteiger charge is 2.05. The standard InChI is InChI=1S/C18H17N3O3/c1-23-18-10-13(2-3-14(18)12-22)7-9-24-15-4-5-16(19-11-15)17-6-8-20-21-17/h2-6,8,10-12H,7,9H2,1H3,(H,20,21). The van der Waals surface area contributed by atoms with Gasteiger partial charge in [-0.25, -0.2) is 0 Å². The van der Waals surface area contributed by atoms with Crippen molar-refractivity contribution < 1.29 is 14.3 Å². The van der Waals surface area contributed by atoms with Gasteiger partial charge in [-0.2, -0.15) is 5.10 Å². The molecule has 122 valence electrons. The number of aromatic amines is 1. The third-order valence-corrected chi connectivity index (χ3v) is 3.60. The van der Waals surface area contributed by atoms with E-state index in [0.717, 1.165) is 23.2 Å². The minimum absolute atomic E-state index is 0.509. The Bertz CT molecular complexity index is 799. The lowest BCUT2D eigenvalue weighted by atomic mass is 10.1. The van der Waals surface area contributed by atoms with Crippen LogP contribution in [0.5, 0.6) is 11.5 Å². The molecule has 6 heteroatoms. The number of nitrogens with zero attached hydrogens (tertiary/aromatic N) is 2. The van der Waals surface area contributed by atoms with Crippen LogP contribution in [0.1, 0.15) is 15.9 Å². The van der Waals surface area contributed by atoms with E-state index >= 15 is 0 Å². The average Bonchev–Trinajstić information content (AvgIpc) is 3.17. The summed E-state index contributed by atoms with van der Waals surface area (Å²) in [6.45, 7) is 0.509. The lowest BCUT2D eigenvalue weighted by Gasteiger charge is -2.09. The maximum absolute atomic E-state index is 10.9. The van der Waals surface area contributed by atoms with Crippen LogP contribution < -0.4 is 9.47 Å². The van der Waals surface area contributed by atoms with Crippen molar-refractivity contribution in [3.63, 3.8) is 0 Å². The fourth-order valence-electron chi connectivity index (χ4n) is 2.32. The molecule has 6 nitrogen and oxygen atoms in total. The first-order valence-corrected chi connectivity index (χ1v) is 7.51. The summed E-state index contributed by atoms with van der Waals surface area (Å²) in [5.74, 6) is 1.28. The fourth-order valence-corrected chi connectivity index (χ4v) is 2.32. The van der Waals surface area contributed by atoms with Gasteiger partial charge >= 0.3 is 0 Å². The van der Waals surface area contributed by atoms with Crippen molar-refractivity contribution in [1.29, 1.82) is 0 Å². The van der Waals surface area contributed by atoms with Crippen LogP contribution in [0.3, 0.4) is 0 Å². The number of carbonyl (C=O) groups is 1. The number of aldehydes is 1. The molecule has 0 spiro atoms. The molecule has 0 amide bonds. The second-order valence-electron chi connectivity index (χ2n) is 5.14. The number of benzene rings is 1. The first-order valence-electron chi connectivity index (χ1n) is 7.51. The van der Waals surface area contributed by atoms with E-state index in [0.29, 0.717) is 30.1 Å².